The first-order valence-corrected chi connectivity index (χ1v) is 14.0. The van der Waals surface area contributed by atoms with Gasteiger partial charge in [0.25, 0.3) is 5.69 Å². The van der Waals surface area contributed by atoms with Gasteiger partial charge in [-0.25, -0.2) is 4.79 Å². The lowest BCUT2D eigenvalue weighted by Crippen LogP contribution is -2.61. The number of amides is 1. The Morgan fingerprint density at radius 1 is 1.00 bits per heavy atom. The summed E-state index contributed by atoms with van der Waals surface area (Å²) in [5.74, 6) is -2.09. The number of nitro benzene ring substituents is 1. The van der Waals surface area contributed by atoms with E-state index in [-0.39, 0.29) is 41.7 Å². The number of carbonyl (C=O) groups excluding carboxylic acids is 2. The van der Waals surface area contributed by atoms with E-state index in [9.17, 15) is 29.4 Å². The fraction of sp³-hybridized carbons (Fsp3) is 0.214. The van der Waals surface area contributed by atoms with E-state index in [1.54, 1.807) is 60.7 Å². The Bertz CT molecular complexity index is 1480. The molecular formula is C28H25N2O10P. The number of aliphatic hydroxyl groups is 1. The van der Waals surface area contributed by atoms with Crippen LogP contribution in [0.5, 0.6) is 11.5 Å². The summed E-state index contributed by atoms with van der Waals surface area (Å²) < 4.78 is 36.6. The minimum Gasteiger partial charge on any atom is -0.456 e. The first-order valence-electron chi connectivity index (χ1n) is 12.6. The van der Waals surface area contributed by atoms with Gasteiger partial charge in [0, 0.05) is 18.6 Å². The summed E-state index contributed by atoms with van der Waals surface area (Å²) in [4.78, 5) is 37.8. The maximum Gasteiger partial charge on any atom is 0.646 e. The standard InChI is InChI=1S/C28H25N2O10P/c1-18(31)25-23-16-24(40-41(36,38-21-8-4-2-5-9-21)39-22-10-6-3-7-11-22)26(29(23)27(25)32)28(33)37-17-19-12-14-20(15-13-19)30(34)35/h2-15,18,23,25,31H,16-17H2,1H3/t18-,23+,25-/m1/s1. The number of para-hydroxylation sites is 2. The molecule has 1 amide bonds. The van der Waals surface area contributed by atoms with Crippen LogP contribution in [0.1, 0.15) is 18.9 Å². The maximum atomic E-state index is 14.0. The van der Waals surface area contributed by atoms with Gasteiger partial charge < -0.3 is 23.4 Å². The predicted molar refractivity (Wildman–Crippen MR) is 143 cm³/mol. The normalized spacial score (nSPS) is 18.7. The highest BCUT2D eigenvalue weighted by atomic mass is 31.2. The predicted octanol–water partition coefficient (Wildman–Crippen LogP) is 4.74. The van der Waals surface area contributed by atoms with Crippen molar-refractivity contribution in [1.29, 1.82) is 0 Å². The van der Waals surface area contributed by atoms with Gasteiger partial charge in [-0.3, -0.25) is 19.8 Å². The van der Waals surface area contributed by atoms with Gasteiger partial charge in [0.05, 0.1) is 23.0 Å². The summed E-state index contributed by atoms with van der Waals surface area (Å²) in [6.07, 6.45) is -1.06. The topological polar surface area (TPSA) is 155 Å². The van der Waals surface area contributed by atoms with Gasteiger partial charge in [0.2, 0.25) is 5.91 Å². The number of ether oxygens (including phenoxy) is 1. The highest BCUT2D eigenvalue weighted by Gasteiger charge is 2.59. The number of hydrogen-bond acceptors (Lipinski definition) is 10. The van der Waals surface area contributed by atoms with Gasteiger partial charge in [-0.2, -0.15) is 4.57 Å². The number of aliphatic hydroxyl groups excluding tert-OH is 1. The van der Waals surface area contributed by atoms with Crippen LogP contribution in [0.2, 0.25) is 0 Å². The Morgan fingerprint density at radius 2 is 1.56 bits per heavy atom. The summed E-state index contributed by atoms with van der Waals surface area (Å²) in [7, 11) is -4.50. The van der Waals surface area contributed by atoms with Crippen molar-refractivity contribution in [3.8, 4) is 11.5 Å². The van der Waals surface area contributed by atoms with E-state index >= 15 is 0 Å². The number of carbonyl (C=O) groups is 2. The molecule has 0 unspecified atom stereocenters. The quantitative estimate of drug-likeness (QED) is 0.111. The SMILES string of the molecule is C[C@@H](O)[C@H]1C(=O)N2C(C(=O)OCc3ccc([N+](=O)[O-])cc3)=C(OP(=O)(Oc3ccccc3)Oc3ccccc3)C[C@@H]12. The molecule has 0 aliphatic carbocycles. The second-order valence-electron chi connectivity index (χ2n) is 9.36. The van der Waals surface area contributed by atoms with E-state index in [1.165, 1.54) is 31.2 Å². The molecule has 41 heavy (non-hydrogen) atoms. The number of rotatable bonds is 11. The number of nitro groups is 1. The van der Waals surface area contributed by atoms with Crippen LogP contribution in [0.3, 0.4) is 0 Å². The number of benzene rings is 3. The molecular weight excluding hydrogens is 555 g/mol. The smallest absolute Gasteiger partial charge is 0.456 e. The van der Waals surface area contributed by atoms with Crippen LogP contribution in [0.25, 0.3) is 0 Å². The third-order valence-electron chi connectivity index (χ3n) is 6.54. The van der Waals surface area contributed by atoms with E-state index in [1.807, 2.05) is 0 Å². The molecule has 0 radical (unpaired) electrons. The fourth-order valence-electron chi connectivity index (χ4n) is 4.65. The van der Waals surface area contributed by atoms with Crippen LogP contribution in [-0.4, -0.2) is 39.0 Å². The van der Waals surface area contributed by atoms with Crippen molar-refractivity contribution in [3.05, 3.63) is 112 Å². The van der Waals surface area contributed by atoms with E-state index in [0.29, 0.717) is 5.56 Å². The zero-order valence-corrected chi connectivity index (χ0v) is 22.6. The molecule has 1 saturated heterocycles. The number of nitrogens with zero attached hydrogens (tertiary/aromatic N) is 2. The van der Waals surface area contributed by atoms with Crippen molar-refractivity contribution in [2.24, 2.45) is 5.92 Å². The summed E-state index contributed by atoms with van der Waals surface area (Å²) in [5, 5.41) is 21.1. The second-order valence-corrected chi connectivity index (χ2v) is 10.8. The van der Waals surface area contributed by atoms with E-state index in [0.717, 1.165) is 4.90 Å². The molecule has 212 valence electrons. The average Bonchev–Trinajstić information content (AvgIpc) is 3.25. The molecule has 13 heteroatoms. The number of β-lactam (4-membered cyclic amide) rings is 1. The molecule has 12 nitrogen and oxygen atoms in total. The lowest BCUT2D eigenvalue weighted by atomic mass is 9.83. The summed E-state index contributed by atoms with van der Waals surface area (Å²) >= 11 is 0. The van der Waals surface area contributed by atoms with Crippen molar-refractivity contribution in [2.45, 2.75) is 32.1 Å². The number of phosphoric acid groups is 1. The van der Waals surface area contributed by atoms with Crippen LogP contribution >= 0.6 is 7.82 Å². The Morgan fingerprint density at radius 3 is 2.07 bits per heavy atom. The Labute approximate surface area is 234 Å². The first-order chi connectivity index (χ1) is 19.6. The summed E-state index contributed by atoms with van der Waals surface area (Å²) in [6, 6.07) is 21.1. The van der Waals surface area contributed by atoms with Gasteiger partial charge in [-0.15, -0.1) is 0 Å². The molecule has 0 aromatic heterocycles. The molecule has 5 rings (SSSR count). The van der Waals surface area contributed by atoms with E-state index in [2.05, 4.69) is 0 Å². The fourth-order valence-corrected chi connectivity index (χ4v) is 5.95. The largest absolute Gasteiger partial charge is 0.646 e. The first kappa shape index (κ1) is 27.9. The van der Waals surface area contributed by atoms with Gasteiger partial charge in [-0.1, -0.05) is 36.4 Å². The maximum absolute atomic E-state index is 14.0. The molecule has 2 heterocycles. The summed E-state index contributed by atoms with van der Waals surface area (Å²) in [5.41, 5.74) is 0.0521. The molecule has 2 aliphatic heterocycles. The van der Waals surface area contributed by atoms with E-state index in [4.69, 9.17) is 18.3 Å². The third-order valence-corrected chi connectivity index (χ3v) is 7.85. The molecule has 0 saturated carbocycles. The number of non-ortho nitro benzene ring substituents is 1. The van der Waals surface area contributed by atoms with Gasteiger partial charge in [-0.05, 0) is 48.9 Å². The van der Waals surface area contributed by atoms with Crippen LogP contribution in [-0.2, 0) is 30.0 Å². The van der Waals surface area contributed by atoms with Crippen molar-refractivity contribution >= 4 is 25.4 Å². The molecule has 2 aliphatic rings. The van der Waals surface area contributed by atoms with Crippen LogP contribution < -0.4 is 9.05 Å². The van der Waals surface area contributed by atoms with Gasteiger partial charge in [0.1, 0.15) is 23.9 Å². The monoisotopic (exact) mass is 580 g/mol. The van der Waals surface area contributed by atoms with Crippen molar-refractivity contribution in [3.63, 3.8) is 0 Å². The van der Waals surface area contributed by atoms with Crippen LogP contribution in [0, 0.1) is 16.0 Å². The average molecular weight is 580 g/mol. The number of hydrogen-bond donors (Lipinski definition) is 1. The van der Waals surface area contributed by atoms with Gasteiger partial charge in [0.15, 0.2) is 5.70 Å². The number of fused-ring (bicyclic) bond motifs is 1. The lowest BCUT2D eigenvalue weighted by Gasteiger charge is -2.44. The number of phosphoric ester groups is 1. The molecule has 1 fully saturated rings. The minimum atomic E-state index is -4.50. The minimum absolute atomic E-state index is 0.0520. The second kappa shape index (κ2) is 11.4. The van der Waals surface area contributed by atoms with Crippen LogP contribution in [0.15, 0.2) is 96.4 Å². The molecule has 1 N–H and O–H groups in total. The lowest BCUT2D eigenvalue weighted by molar-refractivity contribution is -0.384. The third kappa shape index (κ3) is 5.93. The molecule has 3 aromatic carbocycles. The van der Waals surface area contributed by atoms with Crippen molar-refractivity contribution < 1.29 is 42.5 Å². The summed E-state index contributed by atoms with van der Waals surface area (Å²) in [6.45, 7) is 1.20. The highest BCUT2D eigenvalue weighted by molar-refractivity contribution is 7.49. The van der Waals surface area contributed by atoms with Crippen LogP contribution in [0.4, 0.5) is 5.69 Å². The van der Waals surface area contributed by atoms with Crippen molar-refractivity contribution in [2.75, 3.05) is 0 Å². The molecule has 0 spiro atoms. The zero-order valence-electron chi connectivity index (χ0n) is 21.7. The Balaban J connectivity index is 1.44. The Kier molecular flexibility index (Phi) is 7.78. The van der Waals surface area contributed by atoms with Gasteiger partial charge >= 0.3 is 13.8 Å². The zero-order chi connectivity index (χ0) is 29.1. The van der Waals surface area contributed by atoms with Crippen molar-refractivity contribution in [1.82, 2.24) is 4.90 Å². The Hall–Kier alpha value is -4.67. The molecule has 3 atom stereocenters. The number of esters is 1. The molecule has 3 aromatic rings. The van der Waals surface area contributed by atoms with E-state index < -0.39 is 42.7 Å². The molecule has 0 bridgehead atoms. The highest BCUT2D eigenvalue weighted by Crippen LogP contribution is 2.55.